The number of aliphatic carboxylic acids is 2. The molecule has 0 saturated carbocycles. The lowest BCUT2D eigenvalue weighted by atomic mass is 9.77. The predicted octanol–water partition coefficient (Wildman–Crippen LogP) is -3.34. The molecular formula is C14H22O10P2-6. The summed E-state index contributed by atoms with van der Waals surface area (Å²) in [6.45, 7) is 4.53. The van der Waals surface area contributed by atoms with Crippen LogP contribution in [-0.4, -0.2) is 23.3 Å². The van der Waals surface area contributed by atoms with Crippen LogP contribution in [-0.2, 0) is 18.7 Å². The maximum atomic E-state index is 11.6. The average molecular weight is 412 g/mol. The van der Waals surface area contributed by atoms with Crippen LogP contribution >= 0.6 is 15.2 Å². The van der Waals surface area contributed by atoms with Gasteiger partial charge in [-0.3, -0.25) is 0 Å². The Balaban J connectivity index is 5.84. The van der Waals surface area contributed by atoms with Gasteiger partial charge in [-0.05, 0) is 37.0 Å². The van der Waals surface area contributed by atoms with E-state index >= 15 is 0 Å². The molecule has 0 N–H and O–H groups in total. The van der Waals surface area contributed by atoms with Crippen LogP contribution in [0.4, 0.5) is 0 Å². The second-order valence-corrected chi connectivity index (χ2v) is 11.0. The van der Waals surface area contributed by atoms with Crippen molar-refractivity contribution in [2.45, 2.75) is 64.7 Å². The smallest absolute Gasteiger partial charge is 0.0473 e. The second kappa shape index (κ2) is 8.50. The van der Waals surface area contributed by atoms with E-state index < -0.39 is 68.5 Å². The molecule has 154 valence electrons. The number of hydrogen-bond acceptors (Lipinski definition) is 10. The highest BCUT2D eigenvalue weighted by molar-refractivity contribution is 7.49. The van der Waals surface area contributed by atoms with Crippen molar-refractivity contribution >= 4 is 27.1 Å². The molecule has 26 heavy (non-hydrogen) atoms. The molecule has 0 rings (SSSR count). The minimum atomic E-state index is -5.45. The molecule has 12 heteroatoms. The summed E-state index contributed by atoms with van der Waals surface area (Å²) in [6.07, 6.45) is -2.58. The molecule has 3 atom stereocenters. The van der Waals surface area contributed by atoms with Crippen LogP contribution in [0.1, 0.15) is 53.4 Å². The Morgan fingerprint density at radius 3 is 1.46 bits per heavy atom. The lowest BCUT2D eigenvalue weighted by molar-refractivity contribution is -0.323. The number of carboxylic acids is 2. The van der Waals surface area contributed by atoms with Crippen molar-refractivity contribution in [1.82, 2.24) is 0 Å². The highest BCUT2D eigenvalue weighted by Crippen LogP contribution is 2.49. The maximum Gasteiger partial charge on any atom is 0.0473 e. The standard InChI is InChI=1S/C14H28O10P2/c1-5-9(25(19,20)21)7-14(4,12(17)18)8-10(26(22,23)24)6-13(2,3)11(15)16/h9-10H,5-8H2,1-4H3,(H,15,16)(H,17,18)(H2,19,20,21)(H2,22,23,24)/p-6. The summed E-state index contributed by atoms with van der Waals surface area (Å²) < 4.78 is 22.8. The molecule has 0 bridgehead atoms. The number of carbonyl (C=O) groups is 2. The number of hydrogen-bond donors (Lipinski definition) is 0. The van der Waals surface area contributed by atoms with Gasteiger partial charge in [-0.25, -0.2) is 0 Å². The van der Waals surface area contributed by atoms with E-state index in [1.54, 1.807) is 0 Å². The zero-order valence-electron chi connectivity index (χ0n) is 15.0. The van der Waals surface area contributed by atoms with Gasteiger partial charge in [0.05, 0.1) is 0 Å². The summed E-state index contributed by atoms with van der Waals surface area (Å²) in [5, 5.41) is 22.6. The van der Waals surface area contributed by atoms with Gasteiger partial charge in [0.1, 0.15) is 0 Å². The van der Waals surface area contributed by atoms with Crippen molar-refractivity contribution in [1.29, 1.82) is 0 Å². The molecule has 10 nitrogen and oxygen atoms in total. The molecule has 0 aliphatic rings. The third kappa shape index (κ3) is 7.10. The molecule has 0 fully saturated rings. The molecular weight excluding hydrogens is 390 g/mol. The van der Waals surface area contributed by atoms with Gasteiger partial charge in [0.15, 0.2) is 0 Å². The fourth-order valence-corrected chi connectivity index (χ4v) is 5.12. The molecule has 0 radical (unpaired) electrons. The van der Waals surface area contributed by atoms with Gasteiger partial charge < -0.3 is 48.5 Å². The van der Waals surface area contributed by atoms with Crippen LogP contribution in [0.3, 0.4) is 0 Å². The Labute approximate surface area is 151 Å². The number of carboxylic acid groups (broad SMARTS) is 2. The van der Waals surface area contributed by atoms with E-state index in [1.165, 1.54) is 6.92 Å². The molecule has 0 spiro atoms. The van der Waals surface area contributed by atoms with Crippen molar-refractivity contribution in [3.05, 3.63) is 0 Å². The van der Waals surface area contributed by atoms with Crippen LogP contribution in [0.25, 0.3) is 0 Å². The van der Waals surface area contributed by atoms with Gasteiger partial charge in [-0.15, -0.1) is 0 Å². The van der Waals surface area contributed by atoms with Crippen LogP contribution in [0.5, 0.6) is 0 Å². The summed E-state index contributed by atoms with van der Waals surface area (Å²) in [5.74, 6) is -3.48. The first kappa shape index (κ1) is 25.2. The van der Waals surface area contributed by atoms with E-state index in [0.717, 1.165) is 20.8 Å². The Morgan fingerprint density at radius 1 is 0.808 bits per heavy atom. The molecule has 3 unspecified atom stereocenters. The Hall–Kier alpha value is -0.760. The fourth-order valence-electron chi connectivity index (χ4n) is 2.74. The van der Waals surface area contributed by atoms with E-state index in [9.17, 15) is 48.5 Å². The summed E-state index contributed by atoms with van der Waals surface area (Å²) in [4.78, 5) is 68.2. The number of rotatable bonds is 11. The first-order valence-corrected chi connectivity index (χ1v) is 11.1. The molecule has 0 saturated heterocycles. The number of carbonyl (C=O) groups excluding carboxylic acids is 2. The fraction of sp³-hybridized carbons (Fsp3) is 0.857. The zero-order chi connectivity index (χ0) is 21.1. The van der Waals surface area contributed by atoms with Crippen LogP contribution in [0.2, 0.25) is 0 Å². The largest absolute Gasteiger partial charge is 0.811 e. The highest BCUT2D eigenvalue weighted by Gasteiger charge is 2.36. The average Bonchev–Trinajstić information content (AvgIpc) is 2.41. The topological polar surface area (TPSA) is 207 Å². The molecule has 0 aliphatic carbocycles. The van der Waals surface area contributed by atoms with E-state index in [-0.39, 0.29) is 6.42 Å². The maximum absolute atomic E-state index is 11.6. The van der Waals surface area contributed by atoms with Crippen LogP contribution in [0, 0.1) is 10.8 Å². The Morgan fingerprint density at radius 2 is 1.19 bits per heavy atom. The summed E-state index contributed by atoms with van der Waals surface area (Å²) in [6, 6.07) is 0. The van der Waals surface area contributed by atoms with Crippen LogP contribution in [0.15, 0.2) is 0 Å². The molecule has 0 heterocycles. The summed E-state index contributed by atoms with van der Waals surface area (Å²) in [5.41, 5.74) is -7.41. The van der Waals surface area contributed by atoms with Crippen molar-refractivity contribution in [2.24, 2.45) is 10.8 Å². The first-order valence-electron chi connectivity index (χ1n) is 7.83. The minimum absolute atomic E-state index is 0.214. The Bertz CT molecular complexity index is 619. The van der Waals surface area contributed by atoms with Gasteiger partial charge in [0, 0.05) is 22.8 Å². The van der Waals surface area contributed by atoms with Gasteiger partial charge in [0.25, 0.3) is 0 Å². The lowest BCUT2D eigenvalue weighted by Crippen LogP contribution is -2.48. The second-order valence-electron chi connectivity index (χ2n) is 7.43. The predicted molar refractivity (Wildman–Crippen MR) is 78.8 cm³/mol. The minimum Gasteiger partial charge on any atom is -0.811 e. The summed E-state index contributed by atoms with van der Waals surface area (Å²) >= 11 is 0. The van der Waals surface area contributed by atoms with Gasteiger partial charge >= 0.3 is 0 Å². The monoisotopic (exact) mass is 412 g/mol. The Kier molecular flexibility index (Phi) is 8.25. The molecule has 0 aromatic carbocycles. The van der Waals surface area contributed by atoms with E-state index in [1.807, 2.05) is 0 Å². The van der Waals surface area contributed by atoms with Gasteiger partial charge in [-0.1, -0.05) is 42.9 Å². The first-order chi connectivity index (χ1) is 11.4. The van der Waals surface area contributed by atoms with E-state index in [2.05, 4.69) is 0 Å². The van der Waals surface area contributed by atoms with Crippen LogP contribution < -0.4 is 29.8 Å². The van der Waals surface area contributed by atoms with E-state index in [0.29, 0.717) is 0 Å². The van der Waals surface area contributed by atoms with Crippen molar-refractivity contribution in [2.75, 3.05) is 0 Å². The molecule has 0 amide bonds. The quantitative estimate of drug-likeness (QED) is 0.308. The molecule has 0 aliphatic heterocycles. The summed E-state index contributed by atoms with van der Waals surface area (Å²) in [7, 11) is -10.6. The molecule has 0 aromatic heterocycles. The van der Waals surface area contributed by atoms with Gasteiger partial charge in [-0.2, -0.15) is 0 Å². The zero-order valence-corrected chi connectivity index (χ0v) is 16.7. The third-order valence-corrected chi connectivity index (χ3v) is 7.23. The highest BCUT2D eigenvalue weighted by atomic mass is 31.2. The van der Waals surface area contributed by atoms with Crippen molar-refractivity contribution < 1.29 is 48.5 Å². The van der Waals surface area contributed by atoms with E-state index in [4.69, 9.17) is 0 Å². The SMILES string of the molecule is CCC(CC(C)(CC(CC(C)(C)C(=O)[O-])P(=O)([O-])[O-])C(=O)[O-])P(=O)([O-])[O-]. The van der Waals surface area contributed by atoms with Crippen molar-refractivity contribution in [3.63, 3.8) is 0 Å². The third-order valence-electron chi connectivity index (χ3n) is 4.53. The van der Waals surface area contributed by atoms with Gasteiger partial charge in [0.2, 0.25) is 0 Å². The normalized spacial score (nSPS) is 18.0. The van der Waals surface area contributed by atoms with Crippen molar-refractivity contribution in [3.8, 4) is 0 Å². The molecule has 0 aromatic rings. The lowest BCUT2D eigenvalue weighted by Gasteiger charge is -2.48.